The molecule has 218 valence electrons. The van der Waals surface area contributed by atoms with Crippen molar-refractivity contribution >= 4 is 33.4 Å². The van der Waals surface area contributed by atoms with E-state index in [2.05, 4.69) is 36.8 Å². The number of hydrogen-bond donors (Lipinski definition) is 1. The van der Waals surface area contributed by atoms with Gasteiger partial charge in [-0.2, -0.15) is 0 Å². The van der Waals surface area contributed by atoms with Crippen LogP contribution in [0.15, 0.2) is 59.2 Å². The van der Waals surface area contributed by atoms with Crippen molar-refractivity contribution in [3.05, 3.63) is 92.2 Å². The normalized spacial score (nSPS) is 17.9. The van der Waals surface area contributed by atoms with E-state index in [0.717, 1.165) is 83.7 Å². The first-order valence-electron chi connectivity index (χ1n) is 14.2. The van der Waals surface area contributed by atoms with Crippen molar-refractivity contribution in [2.75, 3.05) is 45.8 Å². The van der Waals surface area contributed by atoms with Crippen molar-refractivity contribution in [3.63, 3.8) is 0 Å². The Morgan fingerprint density at radius 1 is 1.00 bits per heavy atom. The van der Waals surface area contributed by atoms with Gasteiger partial charge in [0.15, 0.2) is 0 Å². The third-order valence-electron chi connectivity index (χ3n) is 8.25. The molecule has 2 saturated heterocycles. The lowest BCUT2D eigenvalue weighted by molar-refractivity contribution is -0.0524. The van der Waals surface area contributed by atoms with Crippen LogP contribution in [0.2, 0.25) is 5.02 Å². The summed E-state index contributed by atoms with van der Waals surface area (Å²) in [4.78, 5) is 24.1. The molecule has 0 radical (unpaired) electrons. The topological polar surface area (TPSA) is 69.1 Å². The van der Waals surface area contributed by atoms with Crippen LogP contribution in [0.1, 0.15) is 45.6 Å². The first kappa shape index (κ1) is 30.0. The van der Waals surface area contributed by atoms with Crippen LogP contribution in [0.5, 0.6) is 5.75 Å². The predicted octanol–water partition coefficient (Wildman–Crippen LogP) is 5.48. The first-order valence-corrected chi connectivity index (χ1v) is 15.4. The number of aromatic nitrogens is 1. The summed E-state index contributed by atoms with van der Waals surface area (Å²) in [5.74, 6) is 0.928. The van der Waals surface area contributed by atoms with Crippen LogP contribution in [0, 0.1) is 13.8 Å². The minimum absolute atomic E-state index is 0.0591. The van der Waals surface area contributed by atoms with Crippen LogP contribution in [0.3, 0.4) is 0 Å². The second-order valence-corrected chi connectivity index (χ2v) is 12.7. The van der Waals surface area contributed by atoms with Crippen molar-refractivity contribution in [1.29, 1.82) is 0 Å². The molecule has 3 heterocycles. The summed E-state index contributed by atoms with van der Waals surface area (Å²) in [6.45, 7) is 10.2. The molecule has 0 unspecified atom stereocenters. The Balaban J connectivity index is 1.11. The van der Waals surface area contributed by atoms with Crippen LogP contribution in [-0.2, 0) is 13.2 Å². The second-order valence-electron chi connectivity index (χ2n) is 11.3. The second kappa shape index (κ2) is 13.2. The van der Waals surface area contributed by atoms with Gasteiger partial charge in [0.1, 0.15) is 12.4 Å². The molecular formula is C32H38BrClN4O3. The number of halogens is 2. The molecule has 1 aromatic heterocycles. The highest BCUT2D eigenvalue weighted by atomic mass is 79.9. The highest BCUT2D eigenvalue weighted by Gasteiger charge is 2.35. The van der Waals surface area contributed by atoms with Gasteiger partial charge in [-0.1, -0.05) is 39.7 Å². The Hall–Kier alpha value is -2.49. The summed E-state index contributed by atoms with van der Waals surface area (Å²) in [7, 11) is 0. The highest BCUT2D eigenvalue weighted by Crippen LogP contribution is 2.30. The van der Waals surface area contributed by atoms with Gasteiger partial charge in [-0.25, -0.2) is 0 Å². The van der Waals surface area contributed by atoms with Crippen molar-refractivity contribution in [2.45, 2.75) is 45.4 Å². The molecule has 9 heteroatoms. The molecule has 0 aliphatic carbocycles. The third-order valence-corrected chi connectivity index (χ3v) is 9.00. The molecule has 0 saturated carbocycles. The average Bonchev–Trinajstić information content (AvgIpc) is 2.95. The number of amides is 1. The fourth-order valence-corrected chi connectivity index (χ4v) is 6.32. The number of pyridine rings is 1. The molecule has 1 amide bonds. The lowest BCUT2D eigenvalue weighted by Gasteiger charge is -2.43. The van der Waals surface area contributed by atoms with Crippen molar-refractivity contribution in [2.24, 2.45) is 0 Å². The highest BCUT2D eigenvalue weighted by molar-refractivity contribution is 9.10. The summed E-state index contributed by atoms with van der Waals surface area (Å²) in [5.41, 5.74) is 3.94. The molecule has 2 aromatic carbocycles. The van der Waals surface area contributed by atoms with Gasteiger partial charge >= 0.3 is 0 Å². The summed E-state index contributed by atoms with van der Waals surface area (Å²) in [6, 6.07) is 15.7. The van der Waals surface area contributed by atoms with Gasteiger partial charge in [-0.05, 0) is 74.2 Å². The third kappa shape index (κ3) is 7.67. The molecule has 5 rings (SSSR count). The maximum absolute atomic E-state index is 13.2. The average molecular weight is 642 g/mol. The Kier molecular flexibility index (Phi) is 9.66. The van der Waals surface area contributed by atoms with Crippen LogP contribution >= 0.6 is 27.5 Å². The van der Waals surface area contributed by atoms with Crippen LogP contribution in [-0.4, -0.2) is 82.1 Å². The molecular weight excluding hydrogens is 604 g/mol. The Labute approximate surface area is 256 Å². The minimum atomic E-state index is -0.718. The van der Waals surface area contributed by atoms with Gasteiger partial charge in [0.2, 0.25) is 0 Å². The molecule has 0 bridgehead atoms. The SMILES string of the molecule is Cc1ccnc(C)c1C(=O)N1CCN(CC2(O)CCN(Cc3cc(Br)ccc3OCc3ccc(Cl)cc3)CC2)CC1. The Morgan fingerprint density at radius 2 is 1.71 bits per heavy atom. The Bertz CT molecular complexity index is 1330. The lowest BCUT2D eigenvalue weighted by Crippen LogP contribution is -2.55. The number of nitrogens with zero attached hydrogens (tertiary/aromatic N) is 4. The van der Waals surface area contributed by atoms with Gasteiger partial charge in [0.25, 0.3) is 5.91 Å². The number of likely N-dealkylation sites (tertiary alicyclic amines) is 1. The van der Waals surface area contributed by atoms with Gasteiger partial charge < -0.3 is 14.7 Å². The smallest absolute Gasteiger partial charge is 0.256 e. The lowest BCUT2D eigenvalue weighted by atomic mass is 9.90. The first-order chi connectivity index (χ1) is 19.7. The minimum Gasteiger partial charge on any atom is -0.489 e. The van der Waals surface area contributed by atoms with E-state index in [-0.39, 0.29) is 5.91 Å². The molecule has 41 heavy (non-hydrogen) atoms. The number of benzene rings is 2. The summed E-state index contributed by atoms with van der Waals surface area (Å²) >= 11 is 9.62. The van der Waals surface area contributed by atoms with E-state index >= 15 is 0 Å². The zero-order valence-electron chi connectivity index (χ0n) is 23.8. The zero-order chi connectivity index (χ0) is 29.0. The molecule has 2 fully saturated rings. The van der Waals surface area contributed by atoms with E-state index in [4.69, 9.17) is 16.3 Å². The maximum atomic E-state index is 13.2. The fraction of sp³-hybridized carbons (Fsp3) is 0.438. The van der Waals surface area contributed by atoms with E-state index in [0.29, 0.717) is 31.3 Å². The number of piperidine rings is 1. The molecule has 1 N–H and O–H groups in total. The zero-order valence-corrected chi connectivity index (χ0v) is 26.1. The van der Waals surface area contributed by atoms with E-state index in [1.54, 1.807) is 6.20 Å². The number of aryl methyl sites for hydroxylation is 2. The van der Waals surface area contributed by atoms with E-state index in [9.17, 15) is 9.90 Å². The number of piperazine rings is 1. The van der Waals surface area contributed by atoms with Crippen molar-refractivity contribution in [3.8, 4) is 5.75 Å². The number of carbonyl (C=O) groups is 1. The van der Waals surface area contributed by atoms with Crippen molar-refractivity contribution in [1.82, 2.24) is 19.7 Å². The van der Waals surface area contributed by atoms with Gasteiger partial charge in [-0.3, -0.25) is 19.6 Å². The number of hydrogen-bond acceptors (Lipinski definition) is 6. The molecule has 7 nitrogen and oxygen atoms in total. The largest absolute Gasteiger partial charge is 0.489 e. The standard InChI is InChI=1S/C32H38BrClN4O3/c1-23-9-12-35-24(2)30(23)31(39)38-17-15-37(16-18-38)22-32(40)10-13-36(14-11-32)20-26-19-27(33)5-8-29(26)41-21-25-3-6-28(34)7-4-25/h3-9,12,19,40H,10-11,13-18,20-22H2,1-2H3. The van der Waals surface area contributed by atoms with Crippen molar-refractivity contribution < 1.29 is 14.6 Å². The quantitative estimate of drug-likeness (QED) is 0.352. The Morgan fingerprint density at radius 3 is 2.39 bits per heavy atom. The molecule has 2 aliphatic heterocycles. The van der Waals surface area contributed by atoms with Crippen LogP contribution in [0.25, 0.3) is 0 Å². The molecule has 0 atom stereocenters. The van der Waals surface area contributed by atoms with Crippen LogP contribution < -0.4 is 4.74 Å². The monoisotopic (exact) mass is 640 g/mol. The van der Waals surface area contributed by atoms with E-state index in [1.807, 2.05) is 61.2 Å². The summed E-state index contributed by atoms with van der Waals surface area (Å²) < 4.78 is 7.21. The van der Waals surface area contributed by atoms with Crippen LogP contribution in [0.4, 0.5) is 0 Å². The molecule has 2 aliphatic rings. The van der Waals surface area contributed by atoms with Gasteiger partial charge in [0.05, 0.1) is 16.9 Å². The summed E-state index contributed by atoms with van der Waals surface area (Å²) in [5, 5.41) is 12.2. The van der Waals surface area contributed by atoms with Gasteiger partial charge in [0, 0.05) is 73.6 Å². The predicted molar refractivity (Wildman–Crippen MR) is 165 cm³/mol. The van der Waals surface area contributed by atoms with E-state index in [1.165, 1.54) is 0 Å². The number of ether oxygens (including phenoxy) is 1. The maximum Gasteiger partial charge on any atom is 0.256 e. The number of rotatable bonds is 8. The fourth-order valence-electron chi connectivity index (χ4n) is 5.78. The van der Waals surface area contributed by atoms with E-state index < -0.39 is 5.60 Å². The summed E-state index contributed by atoms with van der Waals surface area (Å²) in [6.07, 6.45) is 3.18. The molecule has 3 aromatic rings. The number of carbonyl (C=O) groups excluding carboxylic acids is 1. The number of aliphatic hydroxyl groups is 1. The molecule has 0 spiro atoms. The van der Waals surface area contributed by atoms with Gasteiger partial charge in [-0.15, -0.1) is 0 Å². The number of β-amino-alcohol motifs (C(OH)–C–C–N with tert-alkyl or cyclic N) is 1.